The lowest BCUT2D eigenvalue weighted by Gasteiger charge is -2.37. The highest BCUT2D eigenvalue weighted by Gasteiger charge is 2.39. The molecule has 1 saturated heterocycles. The molecule has 3 aromatic rings. The van der Waals surface area contributed by atoms with E-state index in [1.165, 1.54) is 11.1 Å². The van der Waals surface area contributed by atoms with E-state index in [1.807, 2.05) is 12.1 Å². The van der Waals surface area contributed by atoms with E-state index in [1.54, 1.807) is 0 Å². The number of ether oxygens (including phenoxy) is 1. The lowest BCUT2D eigenvalue weighted by Crippen LogP contribution is -2.46. The molecule has 0 aliphatic carbocycles. The van der Waals surface area contributed by atoms with Crippen LogP contribution in [0.25, 0.3) is 11.0 Å². The molecule has 3 heterocycles. The quantitative estimate of drug-likeness (QED) is 0.780. The Balaban J connectivity index is 1.62. The number of fused-ring (bicyclic) bond motifs is 2. The minimum atomic E-state index is -0.936. The third kappa shape index (κ3) is 1.89. The Kier molecular flexibility index (Phi) is 2.57. The van der Waals surface area contributed by atoms with Crippen LogP contribution in [0.2, 0.25) is 0 Å². The lowest BCUT2D eigenvalue weighted by atomic mass is 9.91. The zero-order chi connectivity index (χ0) is 15.4. The van der Waals surface area contributed by atoms with Crippen LogP contribution in [-0.4, -0.2) is 28.6 Å². The van der Waals surface area contributed by atoms with Gasteiger partial charge in [0.2, 0.25) is 0 Å². The van der Waals surface area contributed by atoms with Crippen molar-refractivity contribution < 1.29 is 14.5 Å². The molecule has 116 valence electrons. The maximum absolute atomic E-state index is 10.6. The molecule has 2 aliphatic rings. The molecule has 0 unspecified atom stereocenters. The third-order valence-corrected chi connectivity index (χ3v) is 4.74. The SMILES string of the molecule is OC1(c2cc(N3Cc4ccccc4C3)c3nonc3c2)COC1. The molecule has 6 nitrogen and oxygen atoms in total. The predicted octanol–water partition coefficient (Wildman–Crippen LogP) is 1.96. The highest BCUT2D eigenvalue weighted by atomic mass is 16.6. The van der Waals surface area contributed by atoms with Gasteiger partial charge in [-0.3, -0.25) is 0 Å². The third-order valence-electron chi connectivity index (χ3n) is 4.74. The molecule has 0 amide bonds. The van der Waals surface area contributed by atoms with Gasteiger partial charge in [-0.15, -0.1) is 0 Å². The standard InChI is InChI=1S/C17H15N3O3/c21-17(9-22-10-17)13-5-14-16(19-23-18-14)15(6-13)20-7-11-3-1-2-4-12(11)8-20/h1-6,21H,7-10H2. The zero-order valence-corrected chi connectivity index (χ0v) is 12.4. The molecule has 0 radical (unpaired) electrons. The Morgan fingerprint density at radius 1 is 1.04 bits per heavy atom. The summed E-state index contributed by atoms with van der Waals surface area (Å²) in [5.41, 5.74) is 4.82. The number of benzene rings is 2. The van der Waals surface area contributed by atoms with Crippen molar-refractivity contribution in [3.8, 4) is 0 Å². The summed E-state index contributed by atoms with van der Waals surface area (Å²) in [5.74, 6) is 0. The molecule has 2 aromatic carbocycles. The van der Waals surface area contributed by atoms with E-state index in [0.29, 0.717) is 18.7 Å². The van der Waals surface area contributed by atoms with Crippen LogP contribution in [0, 0.1) is 0 Å². The van der Waals surface area contributed by atoms with E-state index >= 15 is 0 Å². The summed E-state index contributed by atoms with van der Waals surface area (Å²) in [4.78, 5) is 2.24. The topological polar surface area (TPSA) is 71.6 Å². The molecule has 0 spiro atoms. The van der Waals surface area contributed by atoms with Crippen LogP contribution >= 0.6 is 0 Å². The van der Waals surface area contributed by atoms with E-state index in [9.17, 15) is 5.11 Å². The molecular weight excluding hydrogens is 294 g/mol. The number of aliphatic hydroxyl groups is 1. The largest absolute Gasteiger partial charge is 0.380 e. The molecule has 0 atom stereocenters. The molecule has 1 aromatic heterocycles. The minimum Gasteiger partial charge on any atom is -0.380 e. The number of rotatable bonds is 2. The van der Waals surface area contributed by atoms with Gasteiger partial charge in [0.15, 0.2) is 5.52 Å². The van der Waals surface area contributed by atoms with Crippen LogP contribution in [0.3, 0.4) is 0 Å². The molecule has 1 N–H and O–H groups in total. The van der Waals surface area contributed by atoms with E-state index in [-0.39, 0.29) is 0 Å². The normalized spacial score (nSPS) is 18.9. The number of hydrogen-bond donors (Lipinski definition) is 1. The predicted molar refractivity (Wildman–Crippen MR) is 82.8 cm³/mol. The van der Waals surface area contributed by atoms with E-state index in [2.05, 4.69) is 39.5 Å². The Bertz CT molecular complexity index is 876. The van der Waals surface area contributed by atoms with Crippen molar-refractivity contribution >= 4 is 16.7 Å². The van der Waals surface area contributed by atoms with Gasteiger partial charge >= 0.3 is 0 Å². The van der Waals surface area contributed by atoms with Crippen molar-refractivity contribution in [1.82, 2.24) is 10.3 Å². The van der Waals surface area contributed by atoms with Crippen molar-refractivity contribution in [2.24, 2.45) is 0 Å². The fourth-order valence-electron chi connectivity index (χ4n) is 3.35. The highest BCUT2D eigenvalue weighted by molar-refractivity contribution is 5.89. The van der Waals surface area contributed by atoms with Gasteiger partial charge in [0, 0.05) is 13.1 Å². The summed E-state index contributed by atoms with van der Waals surface area (Å²) in [7, 11) is 0. The summed E-state index contributed by atoms with van der Waals surface area (Å²) in [6, 6.07) is 12.2. The number of nitrogens with zero attached hydrogens (tertiary/aromatic N) is 3. The molecule has 6 heteroatoms. The van der Waals surface area contributed by atoms with Gasteiger partial charge in [0.05, 0.1) is 18.9 Å². The van der Waals surface area contributed by atoms with Crippen LogP contribution in [0.15, 0.2) is 41.0 Å². The van der Waals surface area contributed by atoms with Gasteiger partial charge in [0.25, 0.3) is 0 Å². The maximum atomic E-state index is 10.6. The van der Waals surface area contributed by atoms with Gasteiger partial charge in [-0.1, -0.05) is 24.3 Å². The van der Waals surface area contributed by atoms with Crippen LogP contribution in [0.5, 0.6) is 0 Å². The van der Waals surface area contributed by atoms with Crippen molar-refractivity contribution in [3.63, 3.8) is 0 Å². The molecule has 2 aliphatic heterocycles. The molecular formula is C17H15N3O3. The van der Waals surface area contributed by atoms with Crippen molar-refractivity contribution in [2.45, 2.75) is 18.7 Å². The maximum Gasteiger partial charge on any atom is 0.158 e. The number of aromatic nitrogens is 2. The van der Waals surface area contributed by atoms with Crippen molar-refractivity contribution in [1.29, 1.82) is 0 Å². The average Bonchev–Trinajstić information content (AvgIpc) is 3.17. The number of hydrogen-bond acceptors (Lipinski definition) is 6. The Morgan fingerprint density at radius 2 is 1.78 bits per heavy atom. The molecule has 5 rings (SSSR count). The fraction of sp³-hybridized carbons (Fsp3) is 0.294. The number of anilines is 1. The molecule has 0 bridgehead atoms. The first-order valence-corrected chi connectivity index (χ1v) is 7.62. The highest BCUT2D eigenvalue weighted by Crippen LogP contribution is 2.38. The van der Waals surface area contributed by atoms with Crippen LogP contribution < -0.4 is 4.90 Å². The minimum absolute atomic E-state index is 0.309. The summed E-state index contributed by atoms with van der Waals surface area (Å²) in [6.07, 6.45) is 0. The summed E-state index contributed by atoms with van der Waals surface area (Å²) >= 11 is 0. The first kappa shape index (κ1) is 13.0. The first-order valence-electron chi connectivity index (χ1n) is 7.62. The van der Waals surface area contributed by atoms with E-state index in [0.717, 1.165) is 29.9 Å². The Morgan fingerprint density at radius 3 is 2.43 bits per heavy atom. The second-order valence-electron chi connectivity index (χ2n) is 6.28. The van der Waals surface area contributed by atoms with Crippen LogP contribution in [0.1, 0.15) is 16.7 Å². The summed E-state index contributed by atoms with van der Waals surface area (Å²) in [6.45, 7) is 2.25. The van der Waals surface area contributed by atoms with E-state index < -0.39 is 5.60 Å². The van der Waals surface area contributed by atoms with Gasteiger partial charge < -0.3 is 14.7 Å². The van der Waals surface area contributed by atoms with Gasteiger partial charge in [0.1, 0.15) is 11.1 Å². The monoisotopic (exact) mass is 309 g/mol. The molecule has 23 heavy (non-hydrogen) atoms. The van der Waals surface area contributed by atoms with Gasteiger partial charge in [-0.05, 0) is 39.1 Å². The van der Waals surface area contributed by atoms with Gasteiger partial charge in [-0.25, -0.2) is 4.63 Å². The zero-order valence-electron chi connectivity index (χ0n) is 12.4. The fourth-order valence-corrected chi connectivity index (χ4v) is 3.35. The van der Waals surface area contributed by atoms with Crippen molar-refractivity contribution in [2.75, 3.05) is 18.1 Å². The van der Waals surface area contributed by atoms with Crippen molar-refractivity contribution in [3.05, 3.63) is 53.1 Å². The summed E-state index contributed by atoms with van der Waals surface area (Å²) < 4.78 is 10.1. The molecule has 0 saturated carbocycles. The van der Waals surface area contributed by atoms with Crippen LogP contribution in [0.4, 0.5) is 5.69 Å². The lowest BCUT2D eigenvalue weighted by molar-refractivity contribution is -0.184. The smallest absolute Gasteiger partial charge is 0.158 e. The van der Waals surface area contributed by atoms with Gasteiger partial charge in [-0.2, -0.15) is 0 Å². The van der Waals surface area contributed by atoms with E-state index in [4.69, 9.17) is 9.37 Å². The Hall–Kier alpha value is -2.44. The second-order valence-corrected chi connectivity index (χ2v) is 6.28. The average molecular weight is 309 g/mol. The molecule has 1 fully saturated rings. The Labute approximate surface area is 132 Å². The van der Waals surface area contributed by atoms with Crippen LogP contribution in [-0.2, 0) is 23.4 Å². The summed E-state index contributed by atoms with van der Waals surface area (Å²) in [5, 5.41) is 18.6. The first-order chi connectivity index (χ1) is 11.2. The second kappa shape index (κ2) is 4.53.